The second kappa shape index (κ2) is 7.60. The number of rotatable bonds is 4. The van der Waals surface area contributed by atoms with Gasteiger partial charge in [0, 0.05) is 10.0 Å². The summed E-state index contributed by atoms with van der Waals surface area (Å²) in [6.07, 6.45) is 4.89. The number of benzene rings is 2. The van der Waals surface area contributed by atoms with E-state index in [0.29, 0.717) is 26.5 Å². The first kappa shape index (κ1) is 18.0. The van der Waals surface area contributed by atoms with Gasteiger partial charge in [-0.2, -0.15) is 0 Å². The zero-order valence-corrected chi connectivity index (χ0v) is 15.7. The molecule has 0 aliphatic heterocycles. The van der Waals surface area contributed by atoms with E-state index in [1.54, 1.807) is 37.3 Å². The highest BCUT2D eigenvalue weighted by atomic mass is 35.5. The first-order valence-corrected chi connectivity index (χ1v) is 9.25. The molecule has 1 heterocycles. The molecule has 0 saturated heterocycles. The Kier molecular flexibility index (Phi) is 5.47. The summed E-state index contributed by atoms with van der Waals surface area (Å²) < 4.78 is 20.1. The van der Waals surface area contributed by atoms with Crippen molar-refractivity contribution in [2.24, 2.45) is 0 Å². The molecule has 0 amide bonds. The molecule has 0 aliphatic carbocycles. The van der Waals surface area contributed by atoms with Crippen molar-refractivity contribution in [3.63, 3.8) is 0 Å². The highest BCUT2D eigenvalue weighted by molar-refractivity contribution is 7.98. The van der Waals surface area contributed by atoms with Gasteiger partial charge in [0.05, 0.1) is 12.4 Å². The Balaban J connectivity index is 2.00. The lowest BCUT2D eigenvalue weighted by Crippen LogP contribution is -1.95. The van der Waals surface area contributed by atoms with E-state index in [1.165, 1.54) is 24.2 Å². The van der Waals surface area contributed by atoms with Crippen LogP contribution in [0.1, 0.15) is 5.56 Å². The van der Waals surface area contributed by atoms with Crippen LogP contribution in [0.5, 0.6) is 11.5 Å². The first-order valence-electron chi connectivity index (χ1n) is 7.27. The van der Waals surface area contributed by atoms with Crippen molar-refractivity contribution in [1.82, 2.24) is 9.97 Å². The van der Waals surface area contributed by atoms with Gasteiger partial charge >= 0.3 is 0 Å². The molecule has 0 aliphatic rings. The average Bonchev–Trinajstić information content (AvgIpc) is 2.58. The van der Waals surface area contributed by atoms with Crippen LogP contribution in [0, 0.1) is 12.7 Å². The molecule has 3 rings (SSSR count). The minimum absolute atomic E-state index is 0.0894. The normalized spacial score (nSPS) is 10.8. The Labute approximate surface area is 159 Å². The zero-order chi connectivity index (χ0) is 18.0. The second-order valence-corrected chi connectivity index (χ2v) is 6.92. The van der Waals surface area contributed by atoms with E-state index in [0.717, 1.165) is 11.1 Å². The van der Waals surface area contributed by atoms with Gasteiger partial charge in [-0.1, -0.05) is 35.0 Å². The number of halogens is 3. The fraction of sp³-hybridized carbons (Fsp3) is 0.111. The number of hydrogen-bond donors (Lipinski definition) is 0. The minimum atomic E-state index is -0.439. The lowest BCUT2D eigenvalue weighted by molar-refractivity contribution is 0.435. The van der Waals surface area contributed by atoms with Gasteiger partial charge in [0.25, 0.3) is 0 Å². The molecule has 0 N–H and O–H groups in total. The summed E-state index contributed by atoms with van der Waals surface area (Å²) in [6.45, 7) is 1.67. The van der Waals surface area contributed by atoms with E-state index in [1.807, 2.05) is 6.26 Å². The Morgan fingerprint density at radius 2 is 1.56 bits per heavy atom. The molecular formula is C18H13Cl2FN2OS. The molecule has 128 valence electrons. The van der Waals surface area contributed by atoms with E-state index < -0.39 is 5.82 Å². The number of ether oxygens (including phenoxy) is 1. The lowest BCUT2D eigenvalue weighted by Gasteiger charge is -2.12. The molecule has 0 unspecified atom stereocenters. The topological polar surface area (TPSA) is 35.0 Å². The lowest BCUT2D eigenvalue weighted by atomic mass is 10.0. The van der Waals surface area contributed by atoms with Gasteiger partial charge in [-0.05, 0) is 60.2 Å². The van der Waals surface area contributed by atoms with Gasteiger partial charge in [0.1, 0.15) is 0 Å². The molecule has 2 aromatic carbocycles. The standard InChI is InChI=1S/C18H13Cl2FN2OS/c1-10-3-11(12-4-13(19)7-14(20)5-12)6-16(17(10)21)24-15-8-22-18(25-2)23-9-15/h3-9H,1-2H3. The maximum absolute atomic E-state index is 14.5. The molecule has 25 heavy (non-hydrogen) atoms. The number of thioether (sulfide) groups is 1. The van der Waals surface area contributed by atoms with Gasteiger partial charge in [-0.25, -0.2) is 14.4 Å². The summed E-state index contributed by atoms with van der Waals surface area (Å²) in [5.74, 6) is 0.00907. The number of aromatic nitrogens is 2. The number of hydrogen-bond acceptors (Lipinski definition) is 4. The third-order valence-electron chi connectivity index (χ3n) is 3.43. The summed E-state index contributed by atoms with van der Waals surface area (Å²) in [5.41, 5.74) is 1.98. The van der Waals surface area contributed by atoms with Crippen LogP contribution in [0.25, 0.3) is 11.1 Å². The van der Waals surface area contributed by atoms with Crippen molar-refractivity contribution >= 4 is 35.0 Å². The largest absolute Gasteiger partial charge is 0.451 e. The van der Waals surface area contributed by atoms with Crippen LogP contribution in [0.3, 0.4) is 0 Å². The van der Waals surface area contributed by atoms with Crippen molar-refractivity contribution in [1.29, 1.82) is 0 Å². The van der Waals surface area contributed by atoms with E-state index >= 15 is 0 Å². The van der Waals surface area contributed by atoms with Gasteiger partial charge < -0.3 is 4.74 Å². The van der Waals surface area contributed by atoms with Crippen LogP contribution in [-0.2, 0) is 0 Å². The molecule has 0 saturated carbocycles. The molecule has 0 radical (unpaired) electrons. The van der Waals surface area contributed by atoms with Crippen LogP contribution >= 0.6 is 35.0 Å². The third-order valence-corrected chi connectivity index (χ3v) is 4.44. The number of aryl methyl sites for hydroxylation is 1. The molecule has 0 bridgehead atoms. The third kappa shape index (κ3) is 4.24. The quantitative estimate of drug-likeness (QED) is 0.378. The van der Waals surface area contributed by atoms with E-state index in [-0.39, 0.29) is 5.75 Å². The van der Waals surface area contributed by atoms with Gasteiger partial charge in [0.2, 0.25) is 0 Å². The summed E-state index contributed by atoms with van der Waals surface area (Å²) in [5, 5.41) is 1.63. The predicted octanol–water partition coefficient (Wildman–Crippen LogP) is 6.41. The van der Waals surface area contributed by atoms with Crippen molar-refractivity contribution < 1.29 is 9.13 Å². The van der Waals surface area contributed by atoms with Crippen LogP contribution in [0.15, 0.2) is 47.9 Å². The van der Waals surface area contributed by atoms with Crippen LogP contribution in [-0.4, -0.2) is 16.2 Å². The van der Waals surface area contributed by atoms with Crippen molar-refractivity contribution in [3.05, 3.63) is 64.2 Å². The Bertz CT molecular complexity index is 899. The van der Waals surface area contributed by atoms with Crippen molar-refractivity contribution in [3.8, 4) is 22.6 Å². The smallest absolute Gasteiger partial charge is 0.187 e. The molecule has 0 spiro atoms. The molecule has 0 fully saturated rings. The van der Waals surface area contributed by atoms with E-state index in [2.05, 4.69) is 9.97 Å². The van der Waals surface area contributed by atoms with Crippen molar-refractivity contribution in [2.45, 2.75) is 12.1 Å². The second-order valence-electron chi connectivity index (χ2n) is 5.27. The first-order chi connectivity index (χ1) is 12.0. The van der Waals surface area contributed by atoms with Crippen molar-refractivity contribution in [2.75, 3.05) is 6.26 Å². The fourth-order valence-corrected chi connectivity index (χ4v) is 3.13. The summed E-state index contributed by atoms with van der Waals surface area (Å²) in [4.78, 5) is 8.24. The van der Waals surface area contributed by atoms with Crippen LogP contribution in [0.2, 0.25) is 10.0 Å². The Hall–Kier alpha value is -1.82. The van der Waals surface area contributed by atoms with Gasteiger partial charge in [0.15, 0.2) is 22.5 Å². The summed E-state index contributed by atoms with van der Waals surface area (Å²) in [6, 6.07) is 8.50. The van der Waals surface area contributed by atoms with Gasteiger partial charge in [-0.3, -0.25) is 0 Å². The van der Waals surface area contributed by atoms with E-state index in [9.17, 15) is 4.39 Å². The van der Waals surface area contributed by atoms with Crippen LogP contribution in [0.4, 0.5) is 4.39 Å². The molecule has 7 heteroatoms. The SMILES string of the molecule is CSc1ncc(Oc2cc(-c3cc(Cl)cc(Cl)c3)cc(C)c2F)cn1. The molecule has 3 aromatic rings. The van der Waals surface area contributed by atoms with Gasteiger partial charge in [-0.15, -0.1) is 0 Å². The molecule has 0 atom stereocenters. The molecule has 3 nitrogen and oxygen atoms in total. The summed E-state index contributed by atoms with van der Waals surface area (Å²) >= 11 is 13.5. The zero-order valence-electron chi connectivity index (χ0n) is 13.4. The number of nitrogens with zero attached hydrogens (tertiary/aromatic N) is 2. The van der Waals surface area contributed by atoms with E-state index in [4.69, 9.17) is 27.9 Å². The minimum Gasteiger partial charge on any atom is -0.451 e. The predicted molar refractivity (Wildman–Crippen MR) is 100 cm³/mol. The van der Waals surface area contributed by atoms with Crippen LogP contribution < -0.4 is 4.74 Å². The average molecular weight is 395 g/mol. The fourth-order valence-electron chi connectivity index (χ4n) is 2.29. The maximum Gasteiger partial charge on any atom is 0.187 e. The molecule has 1 aromatic heterocycles. The highest BCUT2D eigenvalue weighted by Gasteiger charge is 2.13. The highest BCUT2D eigenvalue weighted by Crippen LogP contribution is 2.34. The Morgan fingerprint density at radius 1 is 0.960 bits per heavy atom. The summed E-state index contributed by atoms with van der Waals surface area (Å²) in [7, 11) is 0. The molecular weight excluding hydrogens is 382 g/mol. The monoisotopic (exact) mass is 394 g/mol. The maximum atomic E-state index is 14.5. The Morgan fingerprint density at radius 3 is 2.16 bits per heavy atom.